The first kappa shape index (κ1) is 13.8. The van der Waals surface area contributed by atoms with Gasteiger partial charge in [0.25, 0.3) is 0 Å². The molecular formula is C17H21FN4. The smallest absolute Gasteiger partial charge is 0.157 e. The van der Waals surface area contributed by atoms with Gasteiger partial charge in [0.1, 0.15) is 5.82 Å². The van der Waals surface area contributed by atoms with E-state index in [-0.39, 0.29) is 11.2 Å². The Labute approximate surface area is 128 Å². The minimum atomic E-state index is -0.243. The highest BCUT2D eigenvalue weighted by molar-refractivity contribution is 5.81. The van der Waals surface area contributed by atoms with Gasteiger partial charge in [0.15, 0.2) is 5.65 Å². The zero-order valence-corrected chi connectivity index (χ0v) is 13.2. The molecule has 0 aliphatic carbocycles. The number of benzene rings is 1. The molecule has 1 atom stereocenters. The first-order chi connectivity index (χ1) is 10.5. The molecule has 2 aromatic heterocycles. The van der Waals surface area contributed by atoms with E-state index < -0.39 is 0 Å². The Morgan fingerprint density at radius 2 is 2.18 bits per heavy atom. The highest BCUT2D eigenvalue weighted by Crippen LogP contribution is 2.37. The maximum Gasteiger partial charge on any atom is 0.157 e. The van der Waals surface area contributed by atoms with Crippen LogP contribution in [0.3, 0.4) is 0 Å². The monoisotopic (exact) mass is 300 g/mol. The number of rotatable bonds is 2. The second-order valence-electron chi connectivity index (χ2n) is 6.97. The summed E-state index contributed by atoms with van der Waals surface area (Å²) < 4.78 is 15.4. The lowest BCUT2D eigenvalue weighted by atomic mass is 9.83. The van der Waals surface area contributed by atoms with Gasteiger partial charge >= 0.3 is 0 Å². The van der Waals surface area contributed by atoms with E-state index in [4.69, 9.17) is 0 Å². The van der Waals surface area contributed by atoms with Crippen LogP contribution >= 0.6 is 0 Å². The Bertz CT molecular complexity index is 847. The molecule has 0 saturated carbocycles. The molecule has 5 heteroatoms. The van der Waals surface area contributed by atoms with Gasteiger partial charge < -0.3 is 4.90 Å². The van der Waals surface area contributed by atoms with Crippen molar-refractivity contribution in [2.24, 2.45) is 0 Å². The number of aromatic amines is 1. The molecule has 4 rings (SSSR count). The van der Waals surface area contributed by atoms with Crippen LogP contribution < -0.4 is 0 Å². The minimum Gasteiger partial charge on any atom is -0.300 e. The number of imidazole rings is 1. The molecule has 1 N–H and O–H groups in total. The van der Waals surface area contributed by atoms with E-state index in [9.17, 15) is 4.39 Å². The molecule has 1 unspecified atom stereocenters. The first-order valence-electron chi connectivity index (χ1n) is 7.87. The summed E-state index contributed by atoms with van der Waals surface area (Å²) in [5.41, 5.74) is 3.87. The summed E-state index contributed by atoms with van der Waals surface area (Å²) in [6.45, 7) is 8.94. The molecule has 0 bridgehead atoms. The zero-order chi connectivity index (χ0) is 15.5. The molecule has 1 fully saturated rings. The van der Waals surface area contributed by atoms with Crippen molar-refractivity contribution in [3.8, 4) is 0 Å². The fourth-order valence-electron chi connectivity index (χ4n) is 3.66. The number of hydrogen-bond acceptors (Lipinski definition) is 2. The number of aromatic nitrogens is 3. The summed E-state index contributed by atoms with van der Waals surface area (Å²) in [5.74, 6) is -0.243. The number of nitrogens with one attached hydrogen (secondary N) is 1. The van der Waals surface area contributed by atoms with Crippen molar-refractivity contribution < 1.29 is 4.39 Å². The van der Waals surface area contributed by atoms with E-state index in [1.807, 2.05) is 4.52 Å². The second kappa shape index (κ2) is 4.56. The molecule has 3 heterocycles. The van der Waals surface area contributed by atoms with Crippen LogP contribution in [0, 0.1) is 5.82 Å². The Balaban J connectivity index is 1.84. The third-order valence-electron chi connectivity index (χ3n) is 5.08. The summed E-state index contributed by atoms with van der Waals surface area (Å²) in [6, 6.07) is 5.32. The maximum atomic E-state index is 13.4. The Kier molecular flexibility index (Phi) is 2.85. The molecule has 1 aromatic carbocycles. The third-order valence-corrected chi connectivity index (χ3v) is 5.08. The highest BCUT2D eigenvalue weighted by atomic mass is 19.1. The second-order valence-corrected chi connectivity index (χ2v) is 6.97. The predicted octanol–water partition coefficient (Wildman–Crippen LogP) is 3.33. The van der Waals surface area contributed by atoms with Gasteiger partial charge in [-0.05, 0) is 38.9 Å². The van der Waals surface area contributed by atoms with Gasteiger partial charge in [0, 0.05) is 35.8 Å². The largest absolute Gasteiger partial charge is 0.300 e. The lowest BCUT2D eigenvalue weighted by Gasteiger charge is -2.25. The first-order valence-corrected chi connectivity index (χ1v) is 7.87. The molecule has 1 aliphatic heterocycles. The molecule has 1 saturated heterocycles. The quantitative estimate of drug-likeness (QED) is 0.788. The van der Waals surface area contributed by atoms with Gasteiger partial charge in [-0.1, -0.05) is 6.92 Å². The standard InChI is InChI=1S/C17H21FN4/c1-11(2)21-7-6-17(3,10-21)13-9-19-22-15-5-4-12(18)8-14(15)20-16(13)22/h4-5,8-9,11,19H,6-7,10H2,1-3H3. The number of likely N-dealkylation sites (tertiary alicyclic amines) is 1. The highest BCUT2D eigenvalue weighted by Gasteiger charge is 2.38. The average Bonchev–Trinajstić information content (AvgIpc) is 3.11. The van der Waals surface area contributed by atoms with Crippen LogP contribution in [0.2, 0.25) is 0 Å². The molecule has 3 aromatic rings. The van der Waals surface area contributed by atoms with Crippen molar-refractivity contribution in [2.75, 3.05) is 13.1 Å². The van der Waals surface area contributed by atoms with Crippen molar-refractivity contribution in [1.29, 1.82) is 0 Å². The van der Waals surface area contributed by atoms with E-state index in [1.165, 1.54) is 17.7 Å². The molecule has 4 nitrogen and oxygen atoms in total. The van der Waals surface area contributed by atoms with E-state index in [1.54, 1.807) is 6.07 Å². The lowest BCUT2D eigenvalue weighted by Crippen LogP contribution is -2.32. The van der Waals surface area contributed by atoms with Crippen LogP contribution in [-0.2, 0) is 5.41 Å². The van der Waals surface area contributed by atoms with Crippen LogP contribution in [-0.4, -0.2) is 38.6 Å². The SMILES string of the molecule is CC(C)N1CCC(C)(c2c[nH]n3c2nc2cc(F)ccc23)C1. The minimum absolute atomic E-state index is 0.0887. The van der Waals surface area contributed by atoms with Gasteiger partial charge in [-0.25, -0.2) is 13.9 Å². The molecule has 0 amide bonds. The molecule has 0 radical (unpaired) electrons. The van der Waals surface area contributed by atoms with Gasteiger partial charge in [-0.3, -0.25) is 5.10 Å². The molecular weight excluding hydrogens is 279 g/mol. The van der Waals surface area contributed by atoms with Crippen molar-refractivity contribution in [2.45, 2.75) is 38.6 Å². The van der Waals surface area contributed by atoms with Crippen LogP contribution in [0.1, 0.15) is 32.8 Å². The molecule has 22 heavy (non-hydrogen) atoms. The van der Waals surface area contributed by atoms with Crippen molar-refractivity contribution in [1.82, 2.24) is 19.5 Å². The molecule has 116 valence electrons. The summed E-state index contributed by atoms with van der Waals surface area (Å²) in [7, 11) is 0. The summed E-state index contributed by atoms with van der Waals surface area (Å²) in [4.78, 5) is 7.17. The fourth-order valence-corrected chi connectivity index (χ4v) is 3.66. The summed E-state index contributed by atoms with van der Waals surface area (Å²) in [5, 5.41) is 3.29. The number of nitrogens with zero attached hydrogens (tertiary/aromatic N) is 3. The van der Waals surface area contributed by atoms with Gasteiger partial charge in [-0.2, -0.15) is 0 Å². The van der Waals surface area contributed by atoms with Gasteiger partial charge in [0.05, 0.1) is 11.0 Å². The third kappa shape index (κ3) is 1.88. The van der Waals surface area contributed by atoms with E-state index in [2.05, 4.69) is 42.0 Å². The number of halogens is 1. The van der Waals surface area contributed by atoms with E-state index >= 15 is 0 Å². The average molecular weight is 300 g/mol. The summed E-state index contributed by atoms with van der Waals surface area (Å²) in [6.07, 6.45) is 3.19. The van der Waals surface area contributed by atoms with Crippen molar-refractivity contribution >= 4 is 16.7 Å². The van der Waals surface area contributed by atoms with Crippen LogP contribution in [0.4, 0.5) is 4.39 Å². The van der Waals surface area contributed by atoms with E-state index in [0.29, 0.717) is 11.6 Å². The predicted molar refractivity (Wildman–Crippen MR) is 85.7 cm³/mol. The maximum absolute atomic E-state index is 13.4. The number of H-pyrrole nitrogens is 1. The topological polar surface area (TPSA) is 36.3 Å². The Morgan fingerprint density at radius 1 is 1.36 bits per heavy atom. The Morgan fingerprint density at radius 3 is 2.91 bits per heavy atom. The van der Waals surface area contributed by atoms with Crippen molar-refractivity contribution in [3.05, 3.63) is 35.8 Å². The molecule has 0 spiro atoms. The normalized spacial score (nSPS) is 23.3. The van der Waals surface area contributed by atoms with Gasteiger partial charge in [0.2, 0.25) is 0 Å². The van der Waals surface area contributed by atoms with Crippen LogP contribution in [0.25, 0.3) is 16.7 Å². The molecule has 1 aliphatic rings. The van der Waals surface area contributed by atoms with Crippen molar-refractivity contribution in [3.63, 3.8) is 0 Å². The lowest BCUT2D eigenvalue weighted by molar-refractivity contribution is 0.260. The fraction of sp³-hybridized carbons (Fsp3) is 0.471. The number of fused-ring (bicyclic) bond motifs is 3. The summed E-state index contributed by atoms with van der Waals surface area (Å²) >= 11 is 0. The van der Waals surface area contributed by atoms with Crippen LogP contribution in [0.15, 0.2) is 24.4 Å². The number of hydrogen-bond donors (Lipinski definition) is 1. The Hall–Kier alpha value is -1.88. The van der Waals surface area contributed by atoms with Crippen LogP contribution in [0.5, 0.6) is 0 Å². The van der Waals surface area contributed by atoms with E-state index in [0.717, 1.165) is 30.7 Å². The van der Waals surface area contributed by atoms with Gasteiger partial charge in [-0.15, -0.1) is 0 Å². The zero-order valence-electron chi connectivity index (χ0n) is 13.2.